The monoisotopic (exact) mass is 596 g/mol. The molecule has 13 heteroatoms. The van der Waals surface area contributed by atoms with Crippen LogP contribution in [0.15, 0.2) is 20.8 Å². The molecule has 3 rings (SSSR count). The van der Waals surface area contributed by atoms with Gasteiger partial charge in [-0.2, -0.15) is 10.5 Å². The molecule has 12 nitrogen and oxygen atoms in total. The number of nitrogens with zero attached hydrogens (tertiary/aromatic N) is 6. The zero-order chi connectivity index (χ0) is 28.5. The third-order valence-corrected chi connectivity index (χ3v) is 6.80. The van der Waals surface area contributed by atoms with E-state index in [0.29, 0.717) is 61.2 Å². The van der Waals surface area contributed by atoms with E-state index in [1.807, 2.05) is 6.07 Å². The number of hydrogen-bond acceptors (Lipinski definition) is 11. The molecule has 0 aliphatic carbocycles. The van der Waals surface area contributed by atoms with Gasteiger partial charge in [0.2, 0.25) is 0 Å². The third kappa shape index (κ3) is 6.23. The number of methoxy groups -OCH3 is 2. The van der Waals surface area contributed by atoms with Crippen LogP contribution in [0, 0.1) is 29.6 Å². The molecule has 1 aliphatic heterocycles. The van der Waals surface area contributed by atoms with Crippen molar-refractivity contribution >= 4 is 50.8 Å². The first-order chi connectivity index (χ1) is 18.8. The first kappa shape index (κ1) is 29.6. The van der Waals surface area contributed by atoms with Gasteiger partial charge in [0.25, 0.3) is 11.8 Å². The molecule has 0 saturated heterocycles. The van der Waals surface area contributed by atoms with Gasteiger partial charge >= 0.3 is 0 Å². The number of amides is 2. The molecule has 0 spiro atoms. The lowest BCUT2D eigenvalue weighted by Crippen LogP contribution is -2.29. The molecule has 0 atom stereocenters. The largest absolute Gasteiger partial charge is 0.385 e. The molecule has 0 unspecified atom stereocenters. The number of carbonyl (C=O) groups excluding carboxylic acids is 2. The summed E-state index contributed by atoms with van der Waals surface area (Å²) in [4.78, 5) is 31.2. The van der Waals surface area contributed by atoms with Crippen molar-refractivity contribution < 1.29 is 19.1 Å². The first-order valence-electron chi connectivity index (χ1n) is 12.3. The van der Waals surface area contributed by atoms with Crippen molar-refractivity contribution in [3.05, 3.63) is 38.4 Å². The van der Waals surface area contributed by atoms with Gasteiger partial charge in [-0.25, -0.2) is 4.98 Å². The van der Waals surface area contributed by atoms with Crippen molar-refractivity contribution in [1.82, 2.24) is 9.88 Å². The van der Waals surface area contributed by atoms with Crippen molar-refractivity contribution in [2.24, 2.45) is 10.2 Å². The predicted octanol–water partition coefficient (Wildman–Crippen LogP) is 4.82. The number of azo groups is 1. The Kier molecular flexibility index (Phi) is 10.5. The van der Waals surface area contributed by atoms with E-state index in [1.54, 1.807) is 28.1 Å². The maximum Gasteiger partial charge on any atom is 0.262 e. The smallest absolute Gasteiger partial charge is 0.262 e. The molecule has 2 heterocycles. The second-order valence-corrected chi connectivity index (χ2v) is 9.28. The Morgan fingerprint density at radius 1 is 1.00 bits per heavy atom. The summed E-state index contributed by atoms with van der Waals surface area (Å²) in [5.41, 5.74) is 1.58. The Balaban J connectivity index is 2.09. The van der Waals surface area contributed by atoms with Crippen LogP contribution in [0.25, 0.3) is 0 Å². The summed E-state index contributed by atoms with van der Waals surface area (Å²) < 4.78 is 10.4. The average molecular weight is 597 g/mol. The second-order valence-electron chi connectivity index (χ2n) is 8.49. The molecular weight excluding hydrogens is 568 g/mol. The topological polar surface area (TPSA) is 165 Å². The molecule has 0 fully saturated rings. The molecule has 1 aliphatic rings. The molecule has 39 heavy (non-hydrogen) atoms. The number of carbonyl (C=O) groups is 2. The number of anilines is 2. The van der Waals surface area contributed by atoms with Gasteiger partial charge in [-0.05, 0) is 48.7 Å². The van der Waals surface area contributed by atoms with Crippen molar-refractivity contribution in [1.29, 1.82) is 10.5 Å². The number of aromatic nitrogens is 1. The molecule has 0 bridgehead atoms. The number of benzene rings is 1. The molecule has 1 aromatic carbocycles. The zero-order valence-electron chi connectivity index (χ0n) is 22.2. The van der Waals surface area contributed by atoms with Crippen LogP contribution in [0.2, 0.25) is 0 Å². The summed E-state index contributed by atoms with van der Waals surface area (Å²) in [6.07, 6.45) is 1.42. The van der Waals surface area contributed by atoms with Crippen molar-refractivity contribution in [2.75, 3.05) is 57.7 Å². The van der Waals surface area contributed by atoms with Gasteiger partial charge in [-0.15, -0.1) is 10.2 Å². The van der Waals surface area contributed by atoms with Gasteiger partial charge in [-0.3, -0.25) is 14.5 Å². The van der Waals surface area contributed by atoms with E-state index in [1.165, 1.54) is 6.07 Å². The maximum atomic E-state index is 12.9. The lowest BCUT2D eigenvalue weighted by Gasteiger charge is -2.15. The summed E-state index contributed by atoms with van der Waals surface area (Å²) in [7, 11) is 3.24. The Labute approximate surface area is 235 Å². The fourth-order valence-electron chi connectivity index (χ4n) is 4.01. The normalized spacial score (nSPS) is 12.5. The van der Waals surface area contributed by atoms with E-state index in [2.05, 4.69) is 47.8 Å². The second kappa shape index (κ2) is 13.8. The summed E-state index contributed by atoms with van der Waals surface area (Å²) in [5, 5.41) is 34.8. The van der Waals surface area contributed by atoms with Gasteiger partial charge in [0.15, 0.2) is 5.82 Å². The van der Waals surface area contributed by atoms with Crippen molar-refractivity contribution in [3.63, 3.8) is 0 Å². The fourth-order valence-corrected chi connectivity index (χ4v) is 4.69. The van der Waals surface area contributed by atoms with Crippen molar-refractivity contribution in [3.8, 4) is 12.1 Å². The number of pyridine rings is 1. The molecular formula is C26H29BrN8O4. The highest BCUT2D eigenvalue weighted by Crippen LogP contribution is 2.41. The number of rotatable bonds is 13. The molecule has 0 radical (unpaired) electrons. The number of hydrogen-bond donors (Lipinski definition) is 2. The van der Waals surface area contributed by atoms with Gasteiger partial charge in [0.1, 0.15) is 29.3 Å². The SMILES string of the molecule is CCN1C(=O)c2cc(C#N)c(N=Nc3c(NCCCOC)nc(NCCCOC)c(C#N)c3C)c(Br)c2C1=O. The molecule has 2 aromatic rings. The fraction of sp³-hybridized carbons (Fsp3) is 0.423. The summed E-state index contributed by atoms with van der Waals surface area (Å²) >= 11 is 3.38. The molecule has 2 amide bonds. The van der Waals surface area contributed by atoms with Crippen LogP contribution in [0.4, 0.5) is 23.0 Å². The van der Waals surface area contributed by atoms with Crippen molar-refractivity contribution in [2.45, 2.75) is 26.7 Å². The van der Waals surface area contributed by atoms with Crippen LogP contribution >= 0.6 is 15.9 Å². The number of ether oxygens (including phenoxy) is 2. The number of nitriles is 2. The minimum absolute atomic E-state index is 0.0700. The lowest BCUT2D eigenvalue weighted by molar-refractivity contribution is 0.0662. The van der Waals surface area contributed by atoms with E-state index in [9.17, 15) is 20.1 Å². The highest BCUT2D eigenvalue weighted by molar-refractivity contribution is 9.10. The number of nitrogens with one attached hydrogen (secondary N) is 2. The number of halogens is 1. The van der Waals surface area contributed by atoms with Gasteiger partial charge in [0.05, 0.1) is 26.7 Å². The standard InChI is InChI=1S/C26H29BrN8O4/c1-5-35-25(36)17-12-16(13-28)22(20(27)19(17)26(35)37)34-33-21-15(2)18(14-29)23(30-8-6-10-38-3)32-24(21)31-9-7-11-39-4/h12H,5-11H2,1-4H3,(H2,30,31,32). The van der Waals surface area contributed by atoms with Crippen LogP contribution < -0.4 is 10.6 Å². The summed E-state index contributed by atoms with van der Waals surface area (Å²) in [6.45, 7) is 5.80. The third-order valence-electron chi connectivity index (χ3n) is 6.02. The highest BCUT2D eigenvalue weighted by Gasteiger charge is 2.38. The van der Waals surface area contributed by atoms with Crippen LogP contribution in [0.3, 0.4) is 0 Å². The van der Waals surface area contributed by atoms with Crippen LogP contribution in [-0.2, 0) is 9.47 Å². The minimum atomic E-state index is -0.473. The van der Waals surface area contributed by atoms with Gasteiger partial charge in [-0.1, -0.05) is 0 Å². The van der Waals surface area contributed by atoms with Gasteiger partial charge < -0.3 is 20.1 Å². The Morgan fingerprint density at radius 2 is 1.62 bits per heavy atom. The predicted molar refractivity (Wildman–Crippen MR) is 148 cm³/mol. The van der Waals surface area contributed by atoms with Crippen LogP contribution in [0.1, 0.15) is 57.2 Å². The van der Waals surface area contributed by atoms with E-state index in [4.69, 9.17) is 9.47 Å². The molecule has 1 aromatic heterocycles. The first-order valence-corrected chi connectivity index (χ1v) is 13.1. The summed E-state index contributed by atoms with van der Waals surface area (Å²) in [6, 6.07) is 5.57. The maximum absolute atomic E-state index is 12.9. The average Bonchev–Trinajstić information content (AvgIpc) is 3.17. The lowest BCUT2D eigenvalue weighted by atomic mass is 10.0. The van der Waals surface area contributed by atoms with E-state index < -0.39 is 11.8 Å². The van der Waals surface area contributed by atoms with E-state index in [-0.39, 0.29) is 33.4 Å². The molecule has 204 valence electrons. The van der Waals surface area contributed by atoms with Gasteiger partial charge in [0, 0.05) is 52.6 Å². The number of imide groups is 1. The Morgan fingerprint density at radius 3 is 2.18 bits per heavy atom. The zero-order valence-corrected chi connectivity index (χ0v) is 23.8. The molecule has 0 saturated carbocycles. The number of fused-ring (bicyclic) bond motifs is 1. The summed E-state index contributed by atoms with van der Waals surface area (Å²) in [5.74, 6) is -0.147. The van der Waals surface area contributed by atoms with E-state index >= 15 is 0 Å². The molecule has 2 N–H and O–H groups in total. The Hall–Kier alpha value is -3.91. The Bertz CT molecular complexity index is 1380. The highest BCUT2D eigenvalue weighted by atomic mass is 79.9. The quantitative estimate of drug-likeness (QED) is 0.187. The minimum Gasteiger partial charge on any atom is -0.385 e. The van der Waals surface area contributed by atoms with Crippen LogP contribution in [-0.4, -0.2) is 68.8 Å². The van der Waals surface area contributed by atoms with E-state index in [0.717, 1.165) is 11.3 Å². The van der Waals surface area contributed by atoms with Crippen LogP contribution in [0.5, 0.6) is 0 Å².